The molecular formula is C13H20N4O. The first-order valence-electron chi connectivity index (χ1n) is 6.66. The van der Waals surface area contributed by atoms with E-state index in [1.165, 1.54) is 12.8 Å². The molecule has 2 bridgehead atoms. The molecule has 2 aliphatic rings. The van der Waals surface area contributed by atoms with Gasteiger partial charge in [-0.05, 0) is 31.7 Å². The van der Waals surface area contributed by atoms with Gasteiger partial charge in [-0.2, -0.15) is 5.10 Å². The van der Waals surface area contributed by atoms with Crippen LogP contribution in [-0.2, 0) is 7.05 Å². The number of fused-ring (bicyclic) bond motifs is 2. The van der Waals surface area contributed by atoms with Gasteiger partial charge in [-0.1, -0.05) is 0 Å². The molecule has 3 heterocycles. The fourth-order valence-corrected chi connectivity index (χ4v) is 3.27. The van der Waals surface area contributed by atoms with Crippen molar-refractivity contribution < 1.29 is 4.79 Å². The highest BCUT2D eigenvalue weighted by Crippen LogP contribution is 2.29. The average molecular weight is 248 g/mol. The molecule has 3 rings (SSSR count). The number of rotatable bonds is 2. The van der Waals surface area contributed by atoms with Gasteiger partial charge in [0.2, 0.25) is 0 Å². The third-order valence-electron chi connectivity index (χ3n) is 4.36. The summed E-state index contributed by atoms with van der Waals surface area (Å²) in [4.78, 5) is 14.3. The molecule has 5 nitrogen and oxygen atoms in total. The zero-order valence-corrected chi connectivity index (χ0v) is 11.0. The summed E-state index contributed by atoms with van der Waals surface area (Å²) in [6.45, 7) is 0. The Morgan fingerprint density at radius 3 is 2.67 bits per heavy atom. The number of carbonyl (C=O) groups excluding carboxylic acids is 1. The molecule has 2 aliphatic heterocycles. The lowest BCUT2D eigenvalue weighted by molar-refractivity contribution is 0.0670. The Balaban J connectivity index is 1.73. The van der Waals surface area contributed by atoms with E-state index >= 15 is 0 Å². The fourth-order valence-electron chi connectivity index (χ4n) is 3.27. The fraction of sp³-hybridized carbons (Fsp3) is 0.692. The van der Waals surface area contributed by atoms with Crippen molar-refractivity contribution in [3.05, 3.63) is 18.0 Å². The third-order valence-corrected chi connectivity index (χ3v) is 4.36. The predicted molar refractivity (Wildman–Crippen MR) is 68.3 cm³/mol. The Morgan fingerprint density at radius 1 is 1.44 bits per heavy atom. The van der Waals surface area contributed by atoms with E-state index in [9.17, 15) is 4.79 Å². The van der Waals surface area contributed by atoms with Gasteiger partial charge in [-0.3, -0.25) is 9.48 Å². The second-order valence-corrected chi connectivity index (χ2v) is 5.52. The van der Waals surface area contributed by atoms with E-state index in [4.69, 9.17) is 0 Å². The Bertz CT molecular complexity index is 444. The number of nitrogens with zero attached hydrogens (tertiary/aromatic N) is 3. The number of aromatic nitrogens is 2. The highest BCUT2D eigenvalue weighted by atomic mass is 16.2. The van der Waals surface area contributed by atoms with Crippen molar-refractivity contribution in [3.63, 3.8) is 0 Å². The second-order valence-electron chi connectivity index (χ2n) is 5.52. The molecule has 18 heavy (non-hydrogen) atoms. The Morgan fingerprint density at radius 2 is 2.11 bits per heavy atom. The first-order chi connectivity index (χ1) is 8.65. The van der Waals surface area contributed by atoms with Crippen LogP contribution in [0.25, 0.3) is 0 Å². The van der Waals surface area contributed by atoms with Crippen LogP contribution >= 0.6 is 0 Å². The second kappa shape index (κ2) is 4.39. The zero-order valence-electron chi connectivity index (χ0n) is 11.0. The maximum Gasteiger partial charge on any atom is 0.272 e. The van der Waals surface area contributed by atoms with Gasteiger partial charge in [-0.15, -0.1) is 0 Å². The van der Waals surface area contributed by atoms with Crippen LogP contribution in [0.1, 0.15) is 36.2 Å². The molecule has 1 aromatic heterocycles. The SMILES string of the molecule is CN(C(=O)c1ccnn1C)C1CC2CCC(C1)N2. The molecule has 0 spiro atoms. The normalized spacial score (nSPS) is 30.4. The molecule has 0 radical (unpaired) electrons. The Kier molecular flexibility index (Phi) is 2.86. The number of carbonyl (C=O) groups is 1. The van der Waals surface area contributed by atoms with Crippen molar-refractivity contribution in [2.75, 3.05) is 7.05 Å². The van der Waals surface area contributed by atoms with Gasteiger partial charge < -0.3 is 10.2 Å². The summed E-state index contributed by atoms with van der Waals surface area (Å²) in [7, 11) is 3.73. The lowest BCUT2D eigenvalue weighted by atomic mass is 9.98. The van der Waals surface area contributed by atoms with Crippen molar-refractivity contribution in [1.82, 2.24) is 20.0 Å². The van der Waals surface area contributed by atoms with Gasteiger partial charge in [0.25, 0.3) is 5.91 Å². The monoisotopic (exact) mass is 248 g/mol. The lowest BCUT2D eigenvalue weighted by Crippen LogP contribution is -2.49. The molecule has 0 aliphatic carbocycles. The summed E-state index contributed by atoms with van der Waals surface area (Å²) in [6, 6.07) is 3.37. The van der Waals surface area contributed by atoms with Crippen molar-refractivity contribution in [1.29, 1.82) is 0 Å². The molecule has 0 saturated carbocycles. The minimum absolute atomic E-state index is 0.0845. The highest BCUT2D eigenvalue weighted by Gasteiger charge is 2.36. The van der Waals surface area contributed by atoms with Gasteiger partial charge >= 0.3 is 0 Å². The van der Waals surface area contributed by atoms with Crippen LogP contribution in [0.4, 0.5) is 0 Å². The van der Waals surface area contributed by atoms with E-state index in [1.54, 1.807) is 16.9 Å². The first kappa shape index (κ1) is 11.7. The summed E-state index contributed by atoms with van der Waals surface area (Å²) in [5.41, 5.74) is 0.670. The summed E-state index contributed by atoms with van der Waals surface area (Å²) in [5.74, 6) is 0.0845. The van der Waals surface area contributed by atoms with Crippen molar-refractivity contribution in [3.8, 4) is 0 Å². The number of hydrogen-bond acceptors (Lipinski definition) is 3. The molecule has 1 amide bonds. The molecule has 0 aromatic carbocycles. The molecule has 5 heteroatoms. The van der Waals surface area contributed by atoms with E-state index in [0.717, 1.165) is 12.8 Å². The third kappa shape index (κ3) is 1.92. The van der Waals surface area contributed by atoms with Gasteiger partial charge in [0, 0.05) is 38.4 Å². The highest BCUT2D eigenvalue weighted by molar-refractivity contribution is 5.92. The summed E-state index contributed by atoms with van der Waals surface area (Å²) in [5, 5.41) is 7.67. The molecule has 2 fully saturated rings. The minimum Gasteiger partial charge on any atom is -0.337 e. The van der Waals surface area contributed by atoms with Gasteiger partial charge in [0.05, 0.1) is 0 Å². The Hall–Kier alpha value is -1.36. The number of hydrogen-bond donors (Lipinski definition) is 1. The van der Waals surface area contributed by atoms with Crippen molar-refractivity contribution in [2.45, 2.75) is 43.8 Å². The maximum atomic E-state index is 12.4. The van der Waals surface area contributed by atoms with E-state index in [-0.39, 0.29) is 5.91 Å². The smallest absolute Gasteiger partial charge is 0.272 e. The van der Waals surface area contributed by atoms with Crippen LogP contribution in [0, 0.1) is 0 Å². The van der Waals surface area contributed by atoms with E-state index in [1.807, 2.05) is 19.0 Å². The quantitative estimate of drug-likeness (QED) is 0.841. The van der Waals surface area contributed by atoms with Crippen LogP contribution in [0.3, 0.4) is 0 Å². The molecular weight excluding hydrogens is 228 g/mol. The largest absolute Gasteiger partial charge is 0.337 e. The number of aryl methyl sites for hydroxylation is 1. The van der Waals surface area contributed by atoms with Crippen LogP contribution in [-0.4, -0.2) is 45.8 Å². The number of amides is 1. The Labute approximate surface area is 107 Å². The zero-order chi connectivity index (χ0) is 12.7. The predicted octanol–water partition coefficient (Wildman–Crippen LogP) is 0.775. The lowest BCUT2D eigenvalue weighted by Gasteiger charge is -2.35. The number of piperidine rings is 1. The summed E-state index contributed by atoms with van der Waals surface area (Å²) >= 11 is 0. The maximum absolute atomic E-state index is 12.4. The van der Waals surface area contributed by atoms with Crippen LogP contribution in [0.2, 0.25) is 0 Å². The molecule has 2 saturated heterocycles. The van der Waals surface area contributed by atoms with E-state index in [2.05, 4.69) is 10.4 Å². The van der Waals surface area contributed by atoms with Crippen LogP contribution < -0.4 is 5.32 Å². The van der Waals surface area contributed by atoms with Crippen LogP contribution in [0.15, 0.2) is 12.3 Å². The molecule has 98 valence electrons. The minimum atomic E-state index is 0.0845. The standard InChI is InChI=1S/C13H20N4O/c1-16(13(18)12-5-6-14-17(12)2)11-7-9-3-4-10(8-11)15-9/h5-6,9-11,15H,3-4,7-8H2,1-2H3. The van der Waals surface area contributed by atoms with Crippen molar-refractivity contribution in [2.24, 2.45) is 7.05 Å². The average Bonchev–Trinajstić information content (AvgIpc) is 2.93. The van der Waals surface area contributed by atoms with Crippen LogP contribution in [0.5, 0.6) is 0 Å². The molecule has 2 unspecified atom stereocenters. The van der Waals surface area contributed by atoms with Gasteiger partial charge in [0.15, 0.2) is 0 Å². The number of nitrogens with one attached hydrogen (secondary N) is 1. The van der Waals surface area contributed by atoms with Gasteiger partial charge in [-0.25, -0.2) is 0 Å². The van der Waals surface area contributed by atoms with E-state index < -0.39 is 0 Å². The van der Waals surface area contributed by atoms with Crippen molar-refractivity contribution >= 4 is 5.91 Å². The molecule has 2 atom stereocenters. The molecule has 1 aromatic rings. The first-order valence-corrected chi connectivity index (χ1v) is 6.66. The van der Waals surface area contributed by atoms with Gasteiger partial charge in [0.1, 0.15) is 5.69 Å². The van der Waals surface area contributed by atoms with E-state index in [0.29, 0.717) is 23.8 Å². The molecule has 1 N–H and O–H groups in total. The topological polar surface area (TPSA) is 50.2 Å². The summed E-state index contributed by atoms with van der Waals surface area (Å²) in [6.07, 6.45) is 6.35. The summed E-state index contributed by atoms with van der Waals surface area (Å²) < 4.78 is 1.65.